The molecule has 0 saturated heterocycles. The summed E-state index contributed by atoms with van der Waals surface area (Å²) in [6, 6.07) is 105. The van der Waals surface area contributed by atoms with Crippen LogP contribution in [0, 0.1) is 0 Å². The van der Waals surface area contributed by atoms with Crippen molar-refractivity contribution in [2.45, 2.75) is 0 Å². The molecule has 1 heterocycles. The molecule has 342 valence electrons. The minimum atomic E-state index is 1.05. The van der Waals surface area contributed by atoms with Gasteiger partial charge in [0.2, 0.25) is 0 Å². The minimum Gasteiger partial charge on any atom is -0.310 e. The van der Waals surface area contributed by atoms with E-state index in [9.17, 15) is 0 Å². The van der Waals surface area contributed by atoms with E-state index in [1.54, 1.807) is 0 Å². The van der Waals surface area contributed by atoms with Crippen LogP contribution in [-0.4, -0.2) is 4.57 Å². The summed E-state index contributed by atoms with van der Waals surface area (Å²) in [6.07, 6.45) is 0. The summed E-state index contributed by atoms with van der Waals surface area (Å²) in [4.78, 5) is 4.88. The highest BCUT2D eigenvalue weighted by atomic mass is 15.2. The van der Waals surface area contributed by atoms with Gasteiger partial charge in [-0.15, -0.1) is 0 Å². The summed E-state index contributed by atoms with van der Waals surface area (Å²) in [6.45, 7) is 0. The monoisotopic (exact) mass is 929 g/mol. The molecule has 0 spiro atoms. The van der Waals surface area contributed by atoms with Crippen LogP contribution in [0.3, 0.4) is 0 Å². The first-order valence-corrected chi connectivity index (χ1v) is 25.1. The number of aromatic nitrogens is 1. The first-order valence-electron chi connectivity index (χ1n) is 25.1. The van der Waals surface area contributed by atoms with Crippen LogP contribution in [-0.2, 0) is 0 Å². The van der Waals surface area contributed by atoms with Crippen LogP contribution in [0.5, 0.6) is 0 Å². The Balaban J connectivity index is 1.02. The molecule has 3 heteroatoms. The molecule has 1 aromatic heterocycles. The molecule has 0 amide bonds. The molecule has 0 aliphatic heterocycles. The molecular weight excluding hydrogens is 883 g/mol. The van der Waals surface area contributed by atoms with Gasteiger partial charge in [0.25, 0.3) is 0 Å². The Hall–Kier alpha value is -9.70. The maximum absolute atomic E-state index is 2.44. The average molecular weight is 930 g/mol. The molecule has 0 radical (unpaired) electrons. The standard InChI is InChI=1S/C70H47N3/c1-2-14-48(15-3-1)53-26-33-60(34-27-53)73-69-25-13-12-24-67(69)68-46-58(32-39-70(68)73)59-44-65(71(61-35-28-49-16-4-8-20-54(49)40-61)62-36-29-50-17-5-9-21-55(50)41-62)47-66(45-59)72(63-37-30-51-18-6-10-22-56(51)42-63)64-38-31-52-19-7-11-23-57(52)43-64/h1-47H. The highest BCUT2D eigenvalue weighted by Gasteiger charge is 2.22. The largest absolute Gasteiger partial charge is 0.310 e. The molecule has 0 saturated carbocycles. The number of hydrogen-bond donors (Lipinski definition) is 0. The van der Waals surface area contributed by atoms with Gasteiger partial charge in [0, 0.05) is 50.6 Å². The lowest BCUT2D eigenvalue weighted by molar-refractivity contribution is 1.18. The van der Waals surface area contributed by atoms with Crippen molar-refractivity contribution < 1.29 is 0 Å². The van der Waals surface area contributed by atoms with Gasteiger partial charge < -0.3 is 14.4 Å². The zero-order valence-electron chi connectivity index (χ0n) is 40.0. The molecule has 0 fully saturated rings. The number of fused-ring (bicyclic) bond motifs is 7. The molecule has 0 aliphatic rings. The quantitative estimate of drug-likeness (QED) is 0.143. The molecule has 0 unspecified atom stereocenters. The Bertz CT molecular complexity index is 4060. The van der Waals surface area contributed by atoms with Gasteiger partial charge in [-0.05, 0) is 162 Å². The van der Waals surface area contributed by atoms with Crippen LogP contribution in [0.1, 0.15) is 0 Å². The SMILES string of the molecule is c1ccc(-c2ccc(-n3c4ccccc4c4cc(-c5cc(N(c6ccc7ccccc7c6)c6ccc7ccccc7c6)cc(N(c6ccc7ccccc7c6)c6ccc7ccccc7c6)c5)ccc43)cc2)cc1. The second kappa shape index (κ2) is 17.6. The third kappa shape index (κ3) is 7.63. The van der Waals surface area contributed by atoms with Crippen molar-refractivity contribution in [3.63, 3.8) is 0 Å². The molecule has 13 aromatic carbocycles. The van der Waals surface area contributed by atoms with Crippen molar-refractivity contribution in [3.8, 4) is 27.9 Å². The van der Waals surface area contributed by atoms with Crippen molar-refractivity contribution in [3.05, 3.63) is 285 Å². The van der Waals surface area contributed by atoms with E-state index in [0.717, 1.165) is 56.5 Å². The summed E-state index contributed by atoms with van der Waals surface area (Å²) in [5.74, 6) is 0. The van der Waals surface area contributed by atoms with E-state index in [-0.39, 0.29) is 0 Å². The first-order chi connectivity index (χ1) is 36.1. The molecule has 3 nitrogen and oxygen atoms in total. The average Bonchev–Trinajstić information content (AvgIpc) is 3.79. The van der Waals surface area contributed by atoms with Crippen LogP contribution in [0.15, 0.2) is 285 Å². The van der Waals surface area contributed by atoms with Gasteiger partial charge in [0.15, 0.2) is 0 Å². The van der Waals surface area contributed by atoms with E-state index in [0.29, 0.717) is 0 Å². The predicted octanol–water partition coefficient (Wildman–Crippen LogP) is 19.7. The summed E-state index contributed by atoms with van der Waals surface area (Å²) in [7, 11) is 0. The Morgan fingerprint density at radius 3 is 1.07 bits per heavy atom. The van der Waals surface area contributed by atoms with Gasteiger partial charge in [-0.3, -0.25) is 0 Å². The van der Waals surface area contributed by atoms with E-state index >= 15 is 0 Å². The van der Waals surface area contributed by atoms with Crippen LogP contribution in [0.4, 0.5) is 34.1 Å². The number of nitrogens with zero attached hydrogens (tertiary/aromatic N) is 3. The molecule has 0 aliphatic carbocycles. The summed E-state index contributed by atoms with van der Waals surface area (Å²) in [5.41, 5.74) is 14.5. The Kier molecular flexibility index (Phi) is 10.2. The van der Waals surface area contributed by atoms with Gasteiger partial charge in [-0.1, -0.05) is 188 Å². The second-order valence-electron chi connectivity index (χ2n) is 19.0. The topological polar surface area (TPSA) is 11.4 Å². The highest BCUT2D eigenvalue weighted by molar-refractivity contribution is 6.11. The Morgan fingerprint density at radius 2 is 0.589 bits per heavy atom. The molecular formula is C70H47N3. The Labute approximate surface area is 424 Å². The molecule has 0 atom stereocenters. The normalized spacial score (nSPS) is 11.6. The van der Waals surface area contributed by atoms with Gasteiger partial charge in [0.05, 0.1) is 11.0 Å². The van der Waals surface area contributed by atoms with E-state index in [1.807, 2.05) is 0 Å². The van der Waals surface area contributed by atoms with E-state index < -0.39 is 0 Å². The van der Waals surface area contributed by atoms with E-state index in [2.05, 4.69) is 299 Å². The van der Waals surface area contributed by atoms with E-state index in [1.165, 1.54) is 70.5 Å². The Morgan fingerprint density at radius 1 is 0.205 bits per heavy atom. The van der Waals surface area contributed by atoms with Crippen LogP contribution in [0.25, 0.3) is 92.8 Å². The molecule has 14 aromatic rings. The number of rotatable bonds is 9. The van der Waals surface area contributed by atoms with Gasteiger partial charge in [0.1, 0.15) is 0 Å². The van der Waals surface area contributed by atoms with Crippen molar-refractivity contribution in [2.24, 2.45) is 0 Å². The third-order valence-corrected chi connectivity index (χ3v) is 14.6. The van der Waals surface area contributed by atoms with Crippen LogP contribution < -0.4 is 9.80 Å². The number of para-hydroxylation sites is 1. The van der Waals surface area contributed by atoms with Gasteiger partial charge in [-0.25, -0.2) is 0 Å². The second-order valence-corrected chi connectivity index (χ2v) is 19.0. The zero-order chi connectivity index (χ0) is 48.2. The minimum absolute atomic E-state index is 1.05. The number of anilines is 6. The maximum Gasteiger partial charge on any atom is 0.0541 e. The lowest BCUT2D eigenvalue weighted by atomic mass is 9.99. The fourth-order valence-electron chi connectivity index (χ4n) is 11.0. The third-order valence-electron chi connectivity index (χ3n) is 14.6. The summed E-state index contributed by atoms with van der Waals surface area (Å²) < 4.78 is 2.41. The smallest absolute Gasteiger partial charge is 0.0541 e. The highest BCUT2D eigenvalue weighted by Crippen LogP contribution is 2.46. The van der Waals surface area contributed by atoms with Crippen molar-refractivity contribution >= 4 is 99.0 Å². The molecule has 0 bridgehead atoms. The lowest BCUT2D eigenvalue weighted by Gasteiger charge is -2.31. The van der Waals surface area contributed by atoms with Crippen molar-refractivity contribution in [1.29, 1.82) is 0 Å². The summed E-state index contributed by atoms with van der Waals surface area (Å²) >= 11 is 0. The van der Waals surface area contributed by atoms with Gasteiger partial charge >= 0.3 is 0 Å². The maximum atomic E-state index is 2.44. The van der Waals surface area contributed by atoms with E-state index in [4.69, 9.17) is 0 Å². The predicted molar refractivity (Wildman–Crippen MR) is 311 cm³/mol. The first kappa shape index (κ1) is 42.2. The zero-order valence-corrected chi connectivity index (χ0v) is 40.0. The van der Waals surface area contributed by atoms with Crippen LogP contribution in [0.2, 0.25) is 0 Å². The number of hydrogen-bond acceptors (Lipinski definition) is 2. The van der Waals surface area contributed by atoms with Crippen molar-refractivity contribution in [2.75, 3.05) is 9.80 Å². The molecule has 0 N–H and O–H groups in total. The molecule has 73 heavy (non-hydrogen) atoms. The van der Waals surface area contributed by atoms with Crippen LogP contribution >= 0.6 is 0 Å². The summed E-state index contributed by atoms with van der Waals surface area (Å²) in [5, 5.41) is 12.0. The molecule has 14 rings (SSSR count). The number of benzene rings is 13. The van der Waals surface area contributed by atoms with Gasteiger partial charge in [-0.2, -0.15) is 0 Å². The fourth-order valence-corrected chi connectivity index (χ4v) is 11.0. The van der Waals surface area contributed by atoms with Crippen molar-refractivity contribution in [1.82, 2.24) is 4.57 Å². The lowest BCUT2D eigenvalue weighted by Crippen LogP contribution is -2.14. The fraction of sp³-hybridized carbons (Fsp3) is 0.